The van der Waals surface area contributed by atoms with E-state index >= 15 is 0 Å². The fourth-order valence-corrected chi connectivity index (χ4v) is 1.21. The van der Waals surface area contributed by atoms with E-state index in [0.29, 0.717) is 12.2 Å². The van der Waals surface area contributed by atoms with Crippen LogP contribution in [0, 0.1) is 6.92 Å². The van der Waals surface area contributed by atoms with Crippen LogP contribution in [-0.4, -0.2) is 12.9 Å². The first-order chi connectivity index (χ1) is 7.27. The summed E-state index contributed by atoms with van der Waals surface area (Å²) in [6.45, 7) is 4.53. The van der Waals surface area contributed by atoms with Gasteiger partial charge in [-0.3, -0.25) is 4.79 Å². The fraction of sp³-hybridized carbons (Fsp3) is 0.308. The van der Waals surface area contributed by atoms with E-state index in [9.17, 15) is 4.79 Å². The zero-order valence-corrected chi connectivity index (χ0v) is 9.19. The first-order valence-corrected chi connectivity index (χ1v) is 5.11. The number of allylic oxidation sites excluding steroid dienone is 1. The molecule has 2 heteroatoms. The normalized spacial score (nSPS) is 10.5. The second kappa shape index (κ2) is 6.02. The van der Waals surface area contributed by atoms with Crippen molar-refractivity contribution in [2.24, 2.45) is 0 Å². The van der Waals surface area contributed by atoms with Crippen molar-refractivity contribution in [1.29, 1.82) is 0 Å². The standard InChI is InChI=1S/C13H16O2/c1-3-4-5-8-15-13-7-6-11(2)12(9-13)10-14/h4-7,9-10H,3,8H2,1-2H3/b5-4-. The van der Waals surface area contributed by atoms with Crippen LogP contribution >= 0.6 is 0 Å². The van der Waals surface area contributed by atoms with Crippen molar-refractivity contribution in [2.75, 3.05) is 6.61 Å². The van der Waals surface area contributed by atoms with Gasteiger partial charge in [-0.15, -0.1) is 0 Å². The van der Waals surface area contributed by atoms with Crippen LogP contribution in [0.2, 0.25) is 0 Å². The zero-order valence-electron chi connectivity index (χ0n) is 9.19. The van der Waals surface area contributed by atoms with E-state index in [2.05, 4.69) is 13.0 Å². The molecule has 1 rings (SSSR count). The molecule has 2 nitrogen and oxygen atoms in total. The van der Waals surface area contributed by atoms with Gasteiger partial charge in [0.2, 0.25) is 0 Å². The second-order valence-corrected chi connectivity index (χ2v) is 3.33. The van der Waals surface area contributed by atoms with Crippen LogP contribution in [0.3, 0.4) is 0 Å². The lowest BCUT2D eigenvalue weighted by Crippen LogP contribution is -1.95. The van der Waals surface area contributed by atoms with Gasteiger partial charge in [-0.25, -0.2) is 0 Å². The number of carbonyl (C=O) groups is 1. The molecule has 0 aliphatic carbocycles. The van der Waals surface area contributed by atoms with E-state index in [1.54, 1.807) is 6.07 Å². The number of benzene rings is 1. The number of aryl methyl sites for hydroxylation is 1. The highest BCUT2D eigenvalue weighted by Gasteiger charge is 1.98. The molecule has 0 aliphatic heterocycles. The third kappa shape index (κ3) is 3.58. The average Bonchev–Trinajstić information content (AvgIpc) is 2.26. The molecule has 15 heavy (non-hydrogen) atoms. The quantitative estimate of drug-likeness (QED) is 0.544. The first kappa shape index (κ1) is 11.5. The Morgan fingerprint density at radius 3 is 2.80 bits per heavy atom. The summed E-state index contributed by atoms with van der Waals surface area (Å²) in [4.78, 5) is 10.7. The van der Waals surface area contributed by atoms with E-state index in [4.69, 9.17) is 4.74 Å². The maximum absolute atomic E-state index is 10.7. The predicted molar refractivity (Wildman–Crippen MR) is 61.5 cm³/mol. The van der Waals surface area contributed by atoms with Gasteiger partial charge in [0.05, 0.1) is 0 Å². The smallest absolute Gasteiger partial charge is 0.150 e. The molecule has 0 atom stereocenters. The van der Waals surface area contributed by atoms with Gasteiger partial charge in [0.1, 0.15) is 18.6 Å². The van der Waals surface area contributed by atoms with Crippen LogP contribution in [0.15, 0.2) is 30.4 Å². The molecule has 0 saturated carbocycles. The van der Waals surface area contributed by atoms with E-state index in [1.807, 2.05) is 25.1 Å². The number of hydrogen-bond acceptors (Lipinski definition) is 2. The van der Waals surface area contributed by atoms with Crippen LogP contribution in [0.4, 0.5) is 0 Å². The van der Waals surface area contributed by atoms with Crippen molar-refractivity contribution in [1.82, 2.24) is 0 Å². The summed E-state index contributed by atoms with van der Waals surface area (Å²) in [5, 5.41) is 0. The molecule has 1 aromatic carbocycles. The van der Waals surface area contributed by atoms with E-state index in [0.717, 1.165) is 24.0 Å². The number of carbonyl (C=O) groups excluding carboxylic acids is 1. The van der Waals surface area contributed by atoms with Crippen LogP contribution in [0.1, 0.15) is 29.3 Å². The number of rotatable bonds is 5. The van der Waals surface area contributed by atoms with E-state index in [1.165, 1.54) is 0 Å². The molecule has 1 aromatic rings. The molecule has 0 saturated heterocycles. The Labute approximate surface area is 90.6 Å². The minimum absolute atomic E-state index is 0.551. The highest BCUT2D eigenvalue weighted by Crippen LogP contribution is 2.15. The summed E-state index contributed by atoms with van der Waals surface area (Å²) in [5.74, 6) is 0.739. The maximum atomic E-state index is 10.7. The lowest BCUT2D eigenvalue weighted by Gasteiger charge is -2.05. The predicted octanol–water partition coefficient (Wildman–Crippen LogP) is 3.15. The van der Waals surface area contributed by atoms with Crippen LogP contribution in [0.5, 0.6) is 5.75 Å². The Morgan fingerprint density at radius 1 is 1.33 bits per heavy atom. The van der Waals surface area contributed by atoms with Gasteiger partial charge in [-0.05, 0) is 31.0 Å². The Bertz CT molecular complexity index is 354. The molecule has 0 bridgehead atoms. The minimum Gasteiger partial charge on any atom is -0.490 e. The van der Waals surface area contributed by atoms with Crippen molar-refractivity contribution < 1.29 is 9.53 Å². The van der Waals surface area contributed by atoms with Crippen LogP contribution in [-0.2, 0) is 0 Å². The van der Waals surface area contributed by atoms with Crippen molar-refractivity contribution in [2.45, 2.75) is 20.3 Å². The summed E-state index contributed by atoms with van der Waals surface area (Å²) in [6.07, 6.45) is 5.89. The largest absolute Gasteiger partial charge is 0.490 e. The van der Waals surface area contributed by atoms with E-state index < -0.39 is 0 Å². The molecule has 0 radical (unpaired) electrons. The summed E-state index contributed by atoms with van der Waals surface area (Å²) in [6, 6.07) is 5.53. The van der Waals surface area contributed by atoms with Gasteiger partial charge in [0, 0.05) is 5.56 Å². The molecule has 0 aromatic heterocycles. The molecule has 0 N–H and O–H groups in total. The van der Waals surface area contributed by atoms with Gasteiger partial charge in [0.25, 0.3) is 0 Å². The van der Waals surface area contributed by atoms with Gasteiger partial charge in [-0.2, -0.15) is 0 Å². The van der Waals surface area contributed by atoms with Crippen LogP contribution < -0.4 is 4.74 Å². The number of ether oxygens (including phenoxy) is 1. The maximum Gasteiger partial charge on any atom is 0.150 e. The topological polar surface area (TPSA) is 26.3 Å². The fourth-order valence-electron chi connectivity index (χ4n) is 1.21. The third-order valence-electron chi connectivity index (χ3n) is 2.13. The van der Waals surface area contributed by atoms with Gasteiger partial charge >= 0.3 is 0 Å². The van der Waals surface area contributed by atoms with Gasteiger partial charge < -0.3 is 4.74 Å². The lowest BCUT2D eigenvalue weighted by molar-refractivity contribution is 0.112. The first-order valence-electron chi connectivity index (χ1n) is 5.11. The van der Waals surface area contributed by atoms with Crippen molar-refractivity contribution >= 4 is 6.29 Å². The summed E-state index contributed by atoms with van der Waals surface area (Å²) in [7, 11) is 0. The Morgan fingerprint density at radius 2 is 2.13 bits per heavy atom. The lowest BCUT2D eigenvalue weighted by atomic mass is 10.1. The molecule has 0 spiro atoms. The van der Waals surface area contributed by atoms with Gasteiger partial charge in [0.15, 0.2) is 0 Å². The molecule has 0 unspecified atom stereocenters. The average molecular weight is 204 g/mol. The molecule has 0 amide bonds. The minimum atomic E-state index is 0.551. The van der Waals surface area contributed by atoms with Crippen molar-refractivity contribution in [3.8, 4) is 5.75 Å². The Hall–Kier alpha value is -1.57. The molecule has 0 aliphatic rings. The second-order valence-electron chi connectivity index (χ2n) is 3.33. The number of aldehydes is 1. The summed E-state index contributed by atoms with van der Waals surface area (Å²) >= 11 is 0. The summed E-state index contributed by atoms with van der Waals surface area (Å²) < 4.78 is 5.46. The SMILES string of the molecule is CC/C=C\COc1ccc(C)c(C=O)c1. The highest BCUT2D eigenvalue weighted by atomic mass is 16.5. The Balaban J connectivity index is 2.62. The summed E-state index contributed by atoms with van der Waals surface area (Å²) in [5.41, 5.74) is 1.66. The molecular weight excluding hydrogens is 188 g/mol. The van der Waals surface area contributed by atoms with Crippen molar-refractivity contribution in [3.05, 3.63) is 41.5 Å². The van der Waals surface area contributed by atoms with Crippen LogP contribution in [0.25, 0.3) is 0 Å². The molecule has 0 heterocycles. The third-order valence-corrected chi connectivity index (χ3v) is 2.13. The zero-order chi connectivity index (χ0) is 11.1. The molecular formula is C13H16O2. The van der Waals surface area contributed by atoms with Gasteiger partial charge in [-0.1, -0.05) is 25.1 Å². The van der Waals surface area contributed by atoms with Crippen molar-refractivity contribution in [3.63, 3.8) is 0 Å². The highest BCUT2D eigenvalue weighted by molar-refractivity contribution is 5.77. The monoisotopic (exact) mass is 204 g/mol. The molecule has 80 valence electrons. The number of hydrogen-bond donors (Lipinski definition) is 0. The Kier molecular flexibility index (Phi) is 4.61. The molecule has 0 fully saturated rings. The van der Waals surface area contributed by atoms with E-state index in [-0.39, 0.29) is 0 Å².